The van der Waals surface area contributed by atoms with Crippen LogP contribution in [0.5, 0.6) is 11.5 Å². The Kier molecular flexibility index (Phi) is 3.45. The van der Waals surface area contributed by atoms with Gasteiger partial charge in [-0.05, 0) is 25.0 Å². The lowest BCUT2D eigenvalue weighted by molar-refractivity contribution is -0.0545. The Hall–Kier alpha value is -1.75. The molecule has 1 amide bonds. The van der Waals surface area contributed by atoms with Crippen molar-refractivity contribution in [2.45, 2.75) is 31.9 Å². The Morgan fingerprint density at radius 3 is 3.00 bits per heavy atom. The van der Waals surface area contributed by atoms with Gasteiger partial charge in [-0.25, -0.2) is 0 Å². The van der Waals surface area contributed by atoms with E-state index in [0.29, 0.717) is 48.2 Å². The van der Waals surface area contributed by atoms with Crippen molar-refractivity contribution in [1.82, 2.24) is 5.32 Å². The van der Waals surface area contributed by atoms with Crippen LogP contribution in [-0.4, -0.2) is 37.9 Å². The molecule has 1 aromatic rings. The number of benzene rings is 1. The Bertz CT molecular complexity index is 588. The number of hydrogen-bond acceptors (Lipinski definition) is 4. The summed E-state index contributed by atoms with van der Waals surface area (Å²) in [6.45, 7) is 3.98. The van der Waals surface area contributed by atoms with Gasteiger partial charge in [0.2, 0.25) is 0 Å². The minimum absolute atomic E-state index is 0.0730. The van der Waals surface area contributed by atoms with Crippen molar-refractivity contribution >= 4 is 5.91 Å². The second-order valence-electron chi connectivity index (χ2n) is 6.19. The van der Waals surface area contributed by atoms with Crippen molar-refractivity contribution in [3.63, 3.8) is 0 Å². The number of hydrogen-bond donors (Lipinski definition) is 1. The highest BCUT2D eigenvalue weighted by Crippen LogP contribution is 2.45. The van der Waals surface area contributed by atoms with Gasteiger partial charge < -0.3 is 19.5 Å². The molecule has 22 heavy (non-hydrogen) atoms. The molecule has 5 heteroatoms. The topological polar surface area (TPSA) is 56.8 Å². The summed E-state index contributed by atoms with van der Waals surface area (Å²) >= 11 is 0. The highest BCUT2D eigenvalue weighted by Gasteiger charge is 2.53. The molecule has 4 atom stereocenters. The van der Waals surface area contributed by atoms with Crippen molar-refractivity contribution in [2.24, 2.45) is 11.8 Å². The van der Waals surface area contributed by atoms with Gasteiger partial charge in [-0.1, -0.05) is 13.0 Å². The van der Waals surface area contributed by atoms with E-state index in [1.807, 2.05) is 12.1 Å². The molecule has 0 bridgehead atoms. The predicted molar refractivity (Wildman–Crippen MR) is 80.3 cm³/mol. The molecule has 0 radical (unpaired) electrons. The molecule has 0 aromatic heterocycles. The number of fused-ring (bicyclic) bond motifs is 2. The molecule has 3 aliphatic rings. The molecule has 1 N–H and O–H groups in total. The molecule has 2 heterocycles. The summed E-state index contributed by atoms with van der Waals surface area (Å²) in [4.78, 5) is 12.7. The first-order valence-corrected chi connectivity index (χ1v) is 8.10. The monoisotopic (exact) mass is 303 g/mol. The summed E-state index contributed by atoms with van der Waals surface area (Å²) in [5, 5.41) is 3.20. The molecular formula is C17H21NO4. The summed E-state index contributed by atoms with van der Waals surface area (Å²) in [6, 6.07) is 5.68. The van der Waals surface area contributed by atoms with Crippen molar-refractivity contribution in [3.8, 4) is 11.5 Å². The second-order valence-corrected chi connectivity index (χ2v) is 6.19. The number of nitrogens with one attached hydrogen (secondary N) is 1. The molecule has 2 aliphatic heterocycles. The maximum Gasteiger partial charge on any atom is 0.255 e. The van der Waals surface area contributed by atoms with E-state index in [0.717, 1.165) is 19.4 Å². The summed E-state index contributed by atoms with van der Waals surface area (Å²) < 4.78 is 17.0. The summed E-state index contributed by atoms with van der Waals surface area (Å²) in [5.41, 5.74) is 0.564. The van der Waals surface area contributed by atoms with Crippen LogP contribution < -0.4 is 14.8 Å². The van der Waals surface area contributed by atoms with E-state index in [9.17, 15) is 4.79 Å². The summed E-state index contributed by atoms with van der Waals surface area (Å²) in [7, 11) is 0. The van der Waals surface area contributed by atoms with E-state index < -0.39 is 0 Å². The van der Waals surface area contributed by atoms with Crippen LogP contribution in [-0.2, 0) is 4.74 Å². The smallest absolute Gasteiger partial charge is 0.255 e. The van der Waals surface area contributed by atoms with Gasteiger partial charge in [0.05, 0.1) is 11.7 Å². The van der Waals surface area contributed by atoms with Gasteiger partial charge >= 0.3 is 0 Å². The Morgan fingerprint density at radius 1 is 1.27 bits per heavy atom. The molecule has 1 aromatic carbocycles. The molecule has 0 unspecified atom stereocenters. The Balaban J connectivity index is 1.53. The third-order valence-electron chi connectivity index (χ3n) is 5.11. The van der Waals surface area contributed by atoms with Crippen LogP contribution in [0.15, 0.2) is 18.2 Å². The molecule has 4 rings (SSSR count). The van der Waals surface area contributed by atoms with Crippen molar-refractivity contribution in [2.75, 3.05) is 19.8 Å². The largest absolute Gasteiger partial charge is 0.486 e. The lowest BCUT2D eigenvalue weighted by Crippen LogP contribution is -2.61. The molecule has 1 aliphatic carbocycles. The van der Waals surface area contributed by atoms with Crippen LogP contribution in [0.2, 0.25) is 0 Å². The summed E-state index contributed by atoms with van der Waals surface area (Å²) in [5.74, 6) is 2.04. The maximum atomic E-state index is 12.7. The van der Waals surface area contributed by atoms with Crippen LogP contribution in [0.4, 0.5) is 0 Å². The average Bonchev–Trinajstić information content (AvgIpc) is 2.96. The standard InChI is InChI=1S/C17H21NO4/c1-2-10-14(11-6-7-21-15(10)11)18-17(19)12-4-3-5-13-16(12)22-9-8-20-13/h3-5,10-11,14-15H,2,6-9H2,1H3,(H,18,19)/t10-,11+,14-,15-/m1/s1. The highest BCUT2D eigenvalue weighted by atomic mass is 16.6. The van der Waals surface area contributed by atoms with Gasteiger partial charge in [-0.3, -0.25) is 4.79 Å². The zero-order chi connectivity index (χ0) is 15.1. The number of rotatable bonds is 3. The predicted octanol–water partition coefficient (Wildman–Crippen LogP) is 2.00. The van der Waals surface area contributed by atoms with Crippen molar-refractivity contribution in [1.29, 1.82) is 0 Å². The lowest BCUT2D eigenvalue weighted by atomic mass is 9.65. The van der Waals surface area contributed by atoms with E-state index in [4.69, 9.17) is 14.2 Å². The van der Waals surface area contributed by atoms with E-state index in [1.165, 1.54) is 0 Å². The molecule has 1 saturated heterocycles. The molecule has 0 spiro atoms. The van der Waals surface area contributed by atoms with Gasteiger partial charge in [-0.15, -0.1) is 0 Å². The molecule has 1 saturated carbocycles. The fourth-order valence-electron chi connectivity index (χ4n) is 4.01. The van der Waals surface area contributed by atoms with Gasteiger partial charge in [0, 0.05) is 24.5 Å². The Labute approximate surface area is 129 Å². The first-order valence-electron chi connectivity index (χ1n) is 8.10. The van der Waals surface area contributed by atoms with Gasteiger partial charge in [0.15, 0.2) is 11.5 Å². The molecule has 5 nitrogen and oxygen atoms in total. The quantitative estimate of drug-likeness (QED) is 0.928. The normalized spacial score (nSPS) is 32.0. The van der Waals surface area contributed by atoms with E-state index in [2.05, 4.69) is 12.2 Å². The van der Waals surface area contributed by atoms with Gasteiger partial charge in [-0.2, -0.15) is 0 Å². The van der Waals surface area contributed by atoms with Crippen LogP contribution >= 0.6 is 0 Å². The fourth-order valence-corrected chi connectivity index (χ4v) is 4.01. The minimum Gasteiger partial charge on any atom is -0.486 e. The average molecular weight is 303 g/mol. The van der Waals surface area contributed by atoms with Gasteiger partial charge in [0.25, 0.3) is 5.91 Å². The van der Waals surface area contributed by atoms with E-state index in [-0.39, 0.29) is 11.9 Å². The first kappa shape index (κ1) is 13.9. The zero-order valence-electron chi connectivity index (χ0n) is 12.7. The van der Waals surface area contributed by atoms with E-state index in [1.54, 1.807) is 6.07 Å². The van der Waals surface area contributed by atoms with Crippen molar-refractivity contribution < 1.29 is 19.0 Å². The second kappa shape index (κ2) is 5.47. The Morgan fingerprint density at radius 2 is 2.14 bits per heavy atom. The maximum absolute atomic E-state index is 12.7. The number of amides is 1. The third kappa shape index (κ3) is 2.07. The number of carbonyl (C=O) groups is 1. The molecule has 118 valence electrons. The fraction of sp³-hybridized carbons (Fsp3) is 0.588. The number of para-hydroxylation sites is 1. The molecular weight excluding hydrogens is 282 g/mol. The van der Waals surface area contributed by atoms with Crippen LogP contribution in [0.25, 0.3) is 0 Å². The van der Waals surface area contributed by atoms with Crippen LogP contribution in [0, 0.1) is 11.8 Å². The SMILES string of the molecule is CC[C@@H]1[C@@H](NC(=O)c2cccc3c2OCCO3)[C@@H]2CCO[C@H]12. The van der Waals surface area contributed by atoms with Crippen molar-refractivity contribution in [3.05, 3.63) is 23.8 Å². The van der Waals surface area contributed by atoms with E-state index >= 15 is 0 Å². The van der Waals surface area contributed by atoms with Crippen LogP contribution in [0.3, 0.4) is 0 Å². The first-order chi connectivity index (χ1) is 10.8. The highest BCUT2D eigenvalue weighted by molar-refractivity contribution is 5.98. The number of carbonyl (C=O) groups excluding carboxylic acids is 1. The zero-order valence-corrected chi connectivity index (χ0v) is 12.7. The lowest BCUT2D eigenvalue weighted by Gasteiger charge is -2.47. The number of ether oxygens (including phenoxy) is 3. The van der Waals surface area contributed by atoms with Crippen LogP contribution in [0.1, 0.15) is 30.1 Å². The molecule has 2 fully saturated rings. The van der Waals surface area contributed by atoms with Gasteiger partial charge in [0.1, 0.15) is 13.2 Å². The third-order valence-corrected chi connectivity index (χ3v) is 5.11. The minimum atomic E-state index is -0.0730. The summed E-state index contributed by atoms with van der Waals surface area (Å²) in [6.07, 6.45) is 2.40.